The maximum atomic E-state index is 11.9. The van der Waals surface area contributed by atoms with Gasteiger partial charge in [0.1, 0.15) is 9.71 Å². The first-order chi connectivity index (χ1) is 9.49. The van der Waals surface area contributed by atoms with Gasteiger partial charge in [0, 0.05) is 11.9 Å². The highest BCUT2D eigenvalue weighted by Gasteiger charge is 2.20. The Balaban J connectivity index is 2.61. The number of nitrogens with zero attached hydrogens (tertiary/aromatic N) is 1. The Labute approximate surface area is 119 Å². The van der Waals surface area contributed by atoms with Gasteiger partial charge >= 0.3 is 5.97 Å². The molecular formula is C13H15N3O3S. The molecule has 2 heterocycles. The molecule has 0 radical (unpaired) electrons. The van der Waals surface area contributed by atoms with Crippen molar-refractivity contribution in [3.8, 4) is 0 Å². The number of methoxy groups -OCH3 is 1. The number of nitrogens with one attached hydrogen (secondary N) is 1. The number of nitrogen functional groups attached to an aromatic ring is 1. The van der Waals surface area contributed by atoms with Crippen LogP contribution in [0.5, 0.6) is 0 Å². The predicted molar refractivity (Wildman–Crippen MR) is 78.1 cm³/mol. The molecular weight excluding hydrogens is 278 g/mol. The Kier molecular flexibility index (Phi) is 3.89. The van der Waals surface area contributed by atoms with E-state index in [0.717, 1.165) is 11.3 Å². The lowest BCUT2D eigenvalue weighted by Gasteiger charge is -2.05. The number of hydrogen-bond acceptors (Lipinski definition) is 6. The fourth-order valence-corrected chi connectivity index (χ4v) is 2.90. The van der Waals surface area contributed by atoms with Crippen molar-refractivity contribution in [1.29, 1.82) is 0 Å². The third-order valence-corrected chi connectivity index (χ3v) is 3.96. The summed E-state index contributed by atoms with van der Waals surface area (Å²) in [6, 6.07) is 1.67. The number of thiophene rings is 1. The Morgan fingerprint density at radius 1 is 1.50 bits per heavy atom. The molecule has 2 aromatic rings. The predicted octanol–water partition coefficient (Wildman–Crippen LogP) is 1.72. The molecule has 7 heteroatoms. The summed E-state index contributed by atoms with van der Waals surface area (Å²) in [6.07, 6.45) is 0. The molecule has 0 unspecified atom stereocenters. The summed E-state index contributed by atoms with van der Waals surface area (Å²) in [6.45, 7) is 4.12. The lowest BCUT2D eigenvalue weighted by Crippen LogP contribution is -2.23. The van der Waals surface area contributed by atoms with Gasteiger partial charge in [-0.05, 0) is 19.9 Å². The van der Waals surface area contributed by atoms with Gasteiger partial charge in [0.25, 0.3) is 5.91 Å². The van der Waals surface area contributed by atoms with Crippen LogP contribution in [0.15, 0.2) is 6.07 Å². The molecule has 2 rings (SSSR count). The van der Waals surface area contributed by atoms with E-state index in [1.807, 2.05) is 6.92 Å². The number of nitrogens with two attached hydrogens (primary N) is 1. The summed E-state index contributed by atoms with van der Waals surface area (Å²) in [7, 11) is 1.30. The van der Waals surface area contributed by atoms with E-state index in [1.165, 1.54) is 7.11 Å². The van der Waals surface area contributed by atoms with Gasteiger partial charge < -0.3 is 15.8 Å². The monoisotopic (exact) mass is 293 g/mol. The molecule has 106 valence electrons. The van der Waals surface area contributed by atoms with Crippen LogP contribution < -0.4 is 11.1 Å². The highest BCUT2D eigenvalue weighted by Crippen LogP contribution is 2.34. The number of esters is 1. The smallest absolute Gasteiger partial charge is 0.350 e. The quantitative estimate of drug-likeness (QED) is 0.840. The number of amides is 1. The normalized spacial score (nSPS) is 10.6. The van der Waals surface area contributed by atoms with Crippen molar-refractivity contribution in [3.63, 3.8) is 0 Å². The van der Waals surface area contributed by atoms with Gasteiger partial charge in [0.05, 0.1) is 24.1 Å². The highest BCUT2D eigenvalue weighted by molar-refractivity contribution is 7.21. The van der Waals surface area contributed by atoms with E-state index in [-0.39, 0.29) is 5.91 Å². The molecule has 20 heavy (non-hydrogen) atoms. The maximum Gasteiger partial charge on any atom is 0.350 e. The van der Waals surface area contributed by atoms with E-state index in [0.29, 0.717) is 38.6 Å². The van der Waals surface area contributed by atoms with Crippen molar-refractivity contribution >= 4 is 39.1 Å². The molecule has 0 saturated heterocycles. The molecule has 0 saturated carbocycles. The van der Waals surface area contributed by atoms with E-state index in [1.54, 1.807) is 13.0 Å². The average molecular weight is 293 g/mol. The zero-order valence-electron chi connectivity index (χ0n) is 11.4. The van der Waals surface area contributed by atoms with Crippen LogP contribution in [0, 0.1) is 6.92 Å². The first kappa shape index (κ1) is 14.3. The summed E-state index contributed by atoms with van der Waals surface area (Å²) in [5, 5.41) is 3.32. The number of aromatic nitrogens is 1. The number of anilines is 1. The van der Waals surface area contributed by atoms with E-state index in [4.69, 9.17) is 5.73 Å². The van der Waals surface area contributed by atoms with Crippen LogP contribution in [-0.4, -0.2) is 30.5 Å². The van der Waals surface area contributed by atoms with Crippen molar-refractivity contribution < 1.29 is 14.3 Å². The molecule has 6 nitrogen and oxygen atoms in total. The van der Waals surface area contributed by atoms with Crippen molar-refractivity contribution in [2.75, 3.05) is 19.4 Å². The van der Waals surface area contributed by atoms with Crippen molar-refractivity contribution in [2.45, 2.75) is 13.8 Å². The van der Waals surface area contributed by atoms with Crippen LogP contribution in [0.1, 0.15) is 32.6 Å². The second-order valence-corrected chi connectivity index (χ2v) is 5.17. The summed E-state index contributed by atoms with van der Waals surface area (Å²) < 4.78 is 4.68. The Morgan fingerprint density at radius 2 is 2.20 bits per heavy atom. The summed E-state index contributed by atoms with van der Waals surface area (Å²) in [5.74, 6) is -0.702. The lowest BCUT2D eigenvalue weighted by atomic mass is 10.1. The third-order valence-electron chi connectivity index (χ3n) is 2.86. The SMILES string of the molecule is CCNC(=O)c1cc2c(N)c(C(=O)OC)sc2nc1C. The Morgan fingerprint density at radius 3 is 2.80 bits per heavy atom. The molecule has 0 bridgehead atoms. The molecule has 0 aliphatic carbocycles. The van der Waals surface area contributed by atoms with Gasteiger partial charge in [-0.25, -0.2) is 9.78 Å². The molecule has 0 spiro atoms. The lowest BCUT2D eigenvalue weighted by molar-refractivity contribution is 0.0607. The van der Waals surface area contributed by atoms with Crippen molar-refractivity contribution in [1.82, 2.24) is 10.3 Å². The largest absolute Gasteiger partial charge is 0.465 e. The molecule has 0 atom stereocenters. The van der Waals surface area contributed by atoms with Gasteiger partial charge in [-0.2, -0.15) is 0 Å². The second kappa shape index (κ2) is 5.46. The number of ether oxygens (including phenoxy) is 1. The van der Waals surface area contributed by atoms with E-state index in [9.17, 15) is 9.59 Å². The van der Waals surface area contributed by atoms with Crippen LogP contribution in [0.4, 0.5) is 5.69 Å². The van der Waals surface area contributed by atoms with Crippen molar-refractivity contribution in [2.24, 2.45) is 0 Å². The van der Waals surface area contributed by atoms with Crippen LogP contribution in [0.25, 0.3) is 10.2 Å². The van der Waals surface area contributed by atoms with Crippen LogP contribution in [0.2, 0.25) is 0 Å². The number of fused-ring (bicyclic) bond motifs is 1. The van der Waals surface area contributed by atoms with E-state index >= 15 is 0 Å². The minimum atomic E-state index is -0.497. The molecule has 0 aliphatic heterocycles. The molecule has 0 aromatic carbocycles. The first-order valence-corrected chi connectivity index (χ1v) is 6.87. The number of hydrogen-bond donors (Lipinski definition) is 2. The number of aryl methyl sites for hydroxylation is 1. The Bertz CT molecular complexity index is 694. The fourth-order valence-electron chi connectivity index (χ4n) is 1.86. The summed E-state index contributed by atoms with van der Waals surface area (Å²) >= 11 is 1.16. The molecule has 0 aliphatic rings. The fraction of sp³-hybridized carbons (Fsp3) is 0.308. The van der Waals surface area contributed by atoms with Crippen LogP contribution in [-0.2, 0) is 4.74 Å². The van der Waals surface area contributed by atoms with Gasteiger partial charge in [-0.15, -0.1) is 11.3 Å². The van der Waals surface area contributed by atoms with E-state index < -0.39 is 5.97 Å². The van der Waals surface area contributed by atoms with Crippen molar-refractivity contribution in [3.05, 3.63) is 22.2 Å². The van der Waals surface area contributed by atoms with Crippen LogP contribution >= 0.6 is 11.3 Å². The molecule has 0 fully saturated rings. The topological polar surface area (TPSA) is 94.3 Å². The van der Waals surface area contributed by atoms with Gasteiger partial charge in [-0.3, -0.25) is 4.79 Å². The van der Waals surface area contributed by atoms with Gasteiger partial charge in [0.2, 0.25) is 0 Å². The maximum absolute atomic E-state index is 11.9. The zero-order valence-corrected chi connectivity index (χ0v) is 12.3. The van der Waals surface area contributed by atoms with Gasteiger partial charge in [0.15, 0.2) is 0 Å². The third kappa shape index (κ3) is 2.32. The number of carbonyl (C=O) groups is 2. The minimum absolute atomic E-state index is 0.204. The molecule has 1 amide bonds. The Hall–Kier alpha value is -2.15. The molecule has 2 aromatic heterocycles. The highest BCUT2D eigenvalue weighted by atomic mass is 32.1. The minimum Gasteiger partial charge on any atom is -0.465 e. The summed E-state index contributed by atoms with van der Waals surface area (Å²) in [4.78, 5) is 28.8. The summed E-state index contributed by atoms with van der Waals surface area (Å²) in [5.41, 5.74) is 7.30. The average Bonchev–Trinajstić information content (AvgIpc) is 2.74. The number of carbonyl (C=O) groups excluding carboxylic acids is 2. The van der Waals surface area contributed by atoms with Gasteiger partial charge in [-0.1, -0.05) is 0 Å². The van der Waals surface area contributed by atoms with E-state index in [2.05, 4.69) is 15.0 Å². The van der Waals surface area contributed by atoms with Crippen LogP contribution in [0.3, 0.4) is 0 Å². The first-order valence-electron chi connectivity index (χ1n) is 6.05. The molecule has 3 N–H and O–H groups in total. The zero-order chi connectivity index (χ0) is 14.9. The number of pyridine rings is 1. The number of rotatable bonds is 3. The standard InChI is InChI=1S/C13H15N3O3S/c1-4-15-11(17)7-5-8-9(14)10(13(18)19-3)20-12(8)16-6(7)2/h5H,4,14H2,1-3H3,(H,15,17). The second-order valence-electron chi connectivity index (χ2n) is 4.17.